The monoisotopic (exact) mass is 245 g/mol. The van der Waals surface area contributed by atoms with Crippen LogP contribution in [0.25, 0.3) is 10.9 Å². The number of aromatic nitrogens is 2. The predicted octanol–water partition coefficient (Wildman–Crippen LogP) is 1.73. The first-order valence-corrected chi connectivity index (χ1v) is 6.21. The average molecular weight is 245 g/mol. The molecule has 4 nitrogen and oxygen atoms in total. The van der Waals surface area contributed by atoms with E-state index in [4.69, 9.17) is 0 Å². The fourth-order valence-electron chi connectivity index (χ4n) is 2.03. The maximum Gasteiger partial charge on any atom is 0.258 e. The molecule has 1 aromatic carbocycles. The summed E-state index contributed by atoms with van der Waals surface area (Å²) in [5, 5.41) is 0.673. The topological polar surface area (TPSA) is 49.0 Å². The van der Waals surface area contributed by atoms with E-state index in [1.54, 1.807) is 0 Å². The van der Waals surface area contributed by atoms with Gasteiger partial charge in [0.05, 0.1) is 10.9 Å². The van der Waals surface area contributed by atoms with E-state index in [2.05, 4.69) is 14.9 Å². The quantitative estimate of drug-likeness (QED) is 0.892. The van der Waals surface area contributed by atoms with E-state index >= 15 is 0 Å². The van der Waals surface area contributed by atoms with Crippen LogP contribution in [0.15, 0.2) is 23.0 Å². The number of rotatable bonds is 4. The maximum atomic E-state index is 11.9. The fourth-order valence-corrected chi connectivity index (χ4v) is 2.03. The third kappa shape index (κ3) is 2.76. The van der Waals surface area contributed by atoms with Crippen LogP contribution in [0.4, 0.5) is 0 Å². The number of nitrogens with one attached hydrogen (secondary N) is 1. The lowest BCUT2D eigenvalue weighted by molar-refractivity contribution is 0.398. The highest BCUT2D eigenvalue weighted by Gasteiger charge is 2.05. The van der Waals surface area contributed by atoms with Crippen LogP contribution in [0.5, 0.6) is 0 Å². The van der Waals surface area contributed by atoms with Crippen LogP contribution in [-0.4, -0.2) is 35.5 Å². The van der Waals surface area contributed by atoms with E-state index in [-0.39, 0.29) is 5.56 Å². The zero-order valence-corrected chi connectivity index (χ0v) is 11.2. The molecule has 0 aliphatic heterocycles. The normalized spacial score (nSPS) is 11.3. The summed E-state index contributed by atoms with van der Waals surface area (Å²) in [6.07, 6.45) is 1.80. The second-order valence-corrected chi connectivity index (χ2v) is 4.89. The molecule has 0 fully saturated rings. The van der Waals surface area contributed by atoms with Crippen molar-refractivity contribution in [2.24, 2.45) is 0 Å². The molecule has 0 radical (unpaired) electrons. The molecule has 1 N–H and O–H groups in total. The lowest BCUT2D eigenvalue weighted by Gasteiger charge is -2.09. The first-order valence-electron chi connectivity index (χ1n) is 6.21. The van der Waals surface area contributed by atoms with Crippen LogP contribution in [0, 0.1) is 6.92 Å². The number of hydrogen-bond acceptors (Lipinski definition) is 3. The Kier molecular flexibility index (Phi) is 3.77. The van der Waals surface area contributed by atoms with Crippen LogP contribution < -0.4 is 5.56 Å². The van der Waals surface area contributed by atoms with E-state index in [0.29, 0.717) is 5.39 Å². The van der Waals surface area contributed by atoms with E-state index in [0.717, 1.165) is 36.3 Å². The van der Waals surface area contributed by atoms with Gasteiger partial charge in [-0.3, -0.25) is 4.79 Å². The van der Waals surface area contributed by atoms with Crippen molar-refractivity contribution < 1.29 is 0 Å². The van der Waals surface area contributed by atoms with Crippen molar-refractivity contribution in [3.63, 3.8) is 0 Å². The molecule has 2 rings (SSSR count). The molecule has 0 saturated carbocycles. The van der Waals surface area contributed by atoms with Gasteiger partial charge < -0.3 is 9.88 Å². The Morgan fingerprint density at radius 2 is 2.11 bits per heavy atom. The second-order valence-electron chi connectivity index (χ2n) is 4.89. The average Bonchev–Trinajstić information content (AvgIpc) is 2.30. The number of nitrogens with zero attached hydrogens (tertiary/aromatic N) is 2. The standard InChI is InChI=1S/C14H19N3O/c1-10-6-4-7-11-13(10)15-12(16-14(11)18)8-5-9-17(2)3/h4,6-7H,5,8-9H2,1-3H3,(H,15,16,18). The van der Waals surface area contributed by atoms with Gasteiger partial charge in [0.15, 0.2) is 0 Å². The number of H-pyrrole nitrogens is 1. The van der Waals surface area contributed by atoms with Crippen LogP contribution in [0.3, 0.4) is 0 Å². The van der Waals surface area contributed by atoms with Gasteiger partial charge in [0.2, 0.25) is 0 Å². The number of aryl methyl sites for hydroxylation is 2. The number of para-hydroxylation sites is 1. The van der Waals surface area contributed by atoms with Crippen LogP contribution in [0.1, 0.15) is 17.8 Å². The lowest BCUT2D eigenvalue weighted by Crippen LogP contribution is -2.16. The largest absolute Gasteiger partial charge is 0.310 e. The zero-order valence-electron chi connectivity index (χ0n) is 11.2. The van der Waals surface area contributed by atoms with E-state index in [1.807, 2.05) is 39.2 Å². The number of fused-ring (bicyclic) bond motifs is 1. The highest BCUT2D eigenvalue weighted by atomic mass is 16.1. The van der Waals surface area contributed by atoms with Crippen molar-refractivity contribution in [2.45, 2.75) is 19.8 Å². The summed E-state index contributed by atoms with van der Waals surface area (Å²) in [7, 11) is 4.08. The summed E-state index contributed by atoms with van der Waals surface area (Å²) < 4.78 is 0. The van der Waals surface area contributed by atoms with Crippen molar-refractivity contribution in [1.82, 2.24) is 14.9 Å². The van der Waals surface area contributed by atoms with Crippen molar-refractivity contribution in [1.29, 1.82) is 0 Å². The molecule has 1 heterocycles. The number of benzene rings is 1. The Labute approximate surface area is 107 Å². The molecule has 0 bridgehead atoms. The fraction of sp³-hybridized carbons (Fsp3) is 0.429. The summed E-state index contributed by atoms with van der Waals surface area (Å²) in [5.74, 6) is 0.781. The minimum Gasteiger partial charge on any atom is -0.310 e. The van der Waals surface area contributed by atoms with Crippen LogP contribution in [-0.2, 0) is 6.42 Å². The summed E-state index contributed by atoms with van der Waals surface area (Å²) in [4.78, 5) is 21.5. The first-order chi connectivity index (χ1) is 8.58. The third-order valence-corrected chi connectivity index (χ3v) is 3.01. The first kappa shape index (κ1) is 12.8. The van der Waals surface area contributed by atoms with Crippen LogP contribution >= 0.6 is 0 Å². The van der Waals surface area contributed by atoms with Crippen molar-refractivity contribution >= 4 is 10.9 Å². The molecule has 18 heavy (non-hydrogen) atoms. The maximum absolute atomic E-state index is 11.9. The zero-order chi connectivity index (χ0) is 13.1. The number of aromatic amines is 1. The summed E-state index contributed by atoms with van der Waals surface area (Å²) in [6, 6.07) is 5.69. The van der Waals surface area contributed by atoms with Crippen molar-refractivity contribution in [3.8, 4) is 0 Å². The van der Waals surface area contributed by atoms with Crippen LogP contribution in [0.2, 0.25) is 0 Å². The van der Waals surface area contributed by atoms with Gasteiger partial charge in [0.25, 0.3) is 5.56 Å². The molecule has 0 spiro atoms. The van der Waals surface area contributed by atoms with E-state index in [9.17, 15) is 4.79 Å². The summed E-state index contributed by atoms with van der Waals surface area (Å²) in [6.45, 7) is 2.98. The van der Waals surface area contributed by atoms with E-state index in [1.165, 1.54) is 0 Å². The Morgan fingerprint density at radius 1 is 1.33 bits per heavy atom. The predicted molar refractivity (Wildman–Crippen MR) is 74.0 cm³/mol. The van der Waals surface area contributed by atoms with Crippen molar-refractivity contribution in [3.05, 3.63) is 39.9 Å². The van der Waals surface area contributed by atoms with Gasteiger partial charge in [0, 0.05) is 6.42 Å². The van der Waals surface area contributed by atoms with Gasteiger partial charge in [-0.25, -0.2) is 4.98 Å². The molecule has 96 valence electrons. The Hall–Kier alpha value is -1.68. The molecule has 0 unspecified atom stereocenters. The molecule has 0 aliphatic rings. The minimum absolute atomic E-state index is 0.0384. The molecule has 0 saturated heterocycles. The smallest absolute Gasteiger partial charge is 0.258 e. The molecule has 0 aliphatic carbocycles. The second kappa shape index (κ2) is 5.31. The van der Waals surface area contributed by atoms with Gasteiger partial charge >= 0.3 is 0 Å². The lowest BCUT2D eigenvalue weighted by atomic mass is 10.1. The molecule has 2 aromatic rings. The Morgan fingerprint density at radius 3 is 2.83 bits per heavy atom. The molecular formula is C14H19N3O. The molecule has 0 amide bonds. The van der Waals surface area contributed by atoms with Gasteiger partial charge in [-0.1, -0.05) is 12.1 Å². The molecule has 4 heteroatoms. The summed E-state index contributed by atoms with van der Waals surface area (Å²) in [5.41, 5.74) is 1.83. The van der Waals surface area contributed by atoms with Gasteiger partial charge in [-0.2, -0.15) is 0 Å². The van der Waals surface area contributed by atoms with E-state index < -0.39 is 0 Å². The highest BCUT2D eigenvalue weighted by molar-refractivity contribution is 5.80. The Bertz CT molecular complexity index is 602. The Balaban J connectivity index is 2.31. The third-order valence-electron chi connectivity index (χ3n) is 3.01. The van der Waals surface area contributed by atoms with Gasteiger partial charge in [-0.15, -0.1) is 0 Å². The number of hydrogen-bond donors (Lipinski definition) is 1. The highest BCUT2D eigenvalue weighted by Crippen LogP contribution is 2.12. The molecule has 1 aromatic heterocycles. The van der Waals surface area contributed by atoms with Gasteiger partial charge in [0.1, 0.15) is 5.82 Å². The SMILES string of the molecule is Cc1cccc2c(=O)[nH]c(CCCN(C)C)nc12. The molecular weight excluding hydrogens is 226 g/mol. The molecule has 0 atom stereocenters. The van der Waals surface area contributed by atoms with Crippen molar-refractivity contribution in [2.75, 3.05) is 20.6 Å². The minimum atomic E-state index is -0.0384. The van der Waals surface area contributed by atoms with Gasteiger partial charge in [-0.05, 0) is 45.6 Å². The summed E-state index contributed by atoms with van der Waals surface area (Å²) >= 11 is 0.